The first-order valence-electron chi connectivity index (χ1n) is 11.6. The number of hydrogen-bond acceptors (Lipinski definition) is 7. The Kier molecular flexibility index (Phi) is 6.18. The van der Waals surface area contributed by atoms with Crippen LogP contribution in [0.25, 0.3) is 0 Å². The number of benzene rings is 1. The average molecular weight is 476 g/mol. The molecule has 3 aliphatic rings. The number of nitrogens with zero attached hydrogens (tertiary/aromatic N) is 4. The van der Waals surface area contributed by atoms with E-state index in [0.717, 1.165) is 69.5 Å². The Hall–Kier alpha value is -2.04. The lowest BCUT2D eigenvalue weighted by molar-refractivity contribution is 0.102. The first-order valence-corrected chi connectivity index (χ1v) is 13.8. The van der Waals surface area contributed by atoms with E-state index in [9.17, 15) is 13.2 Å². The summed E-state index contributed by atoms with van der Waals surface area (Å²) in [5.41, 5.74) is 1.03. The highest BCUT2D eigenvalue weighted by Crippen LogP contribution is 2.42. The number of amides is 1. The number of rotatable bonds is 6. The number of piperidine rings is 2. The lowest BCUT2D eigenvalue weighted by atomic mass is 10.1. The molecule has 1 aliphatic carbocycles. The second-order valence-corrected chi connectivity index (χ2v) is 11.8. The van der Waals surface area contributed by atoms with Crippen LogP contribution in [0, 0.1) is 0 Å². The van der Waals surface area contributed by atoms with Crippen molar-refractivity contribution in [3.63, 3.8) is 0 Å². The van der Waals surface area contributed by atoms with Crippen LogP contribution in [0.5, 0.6) is 0 Å². The van der Waals surface area contributed by atoms with Crippen molar-refractivity contribution < 1.29 is 13.2 Å². The Bertz CT molecular complexity index is 1080. The lowest BCUT2D eigenvalue weighted by Crippen LogP contribution is -2.37. The molecule has 5 rings (SSSR count). The van der Waals surface area contributed by atoms with Crippen LogP contribution in [0.4, 0.5) is 10.8 Å². The molecule has 1 saturated carbocycles. The van der Waals surface area contributed by atoms with Gasteiger partial charge in [0.25, 0.3) is 5.91 Å². The van der Waals surface area contributed by atoms with E-state index in [0.29, 0.717) is 35.4 Å². The Morgan fingerprint density at radius 1 is 0.969 bits per heavy atom. The van der Waals surface area contributed by atoms with Gasteiger partial charge < -0.3 is 4.90 Å². The van der Waals surface area contributed by atoms with Gasteiger partial charge in [-0.25, -0.2) is 8.42 Å². The molecule has 1 aromatic heterocycles. The molecule has 172 valence electrons. The van der Waals surface area contributed by atoms with E-state index in [4.69, 9.17) is 0 Å². The summed E-state index contributed by atoms with van der Waals surface area (Å²) in [6.45, 7) is 2.74. The summed E-state index contributed by atoms with van der Waals surface area (Å²) >= 11 is 1.40. The summed E-state index contributed by atoms with van der Waals surface area (Å²) in [6, 6.07) is 5.07. The molecule has 32 heavy (non-hydrogen) atoms. The minimum Gasteiger partial charge on any atom is -0.370 e. The minimum absolute atomic E-state index is 0.241. The number of carbonyl (C=O) groups is 1. The second kappa shape index (κ2) is 9.07. The van der Waals surface area contributed by atoms with Gasteiger partial charge in [-0.1, -0.05) is 17.8 Å². The number of aromatic nitrogens is 2. The molecule has 1 N–H and O–H groups in total. The zero-order valence-corrected chi connectivity index (χ0v) is 19.8. The summed E-state index contributed by atoms with van der Waals surface area (Å²) in [5, 5.41) is 12.5. The normalized spacial score (nSPS) is 20.3. The molecule has 0 unspecified atom stereocenters. The summed E-state index contributed by atoms with van der Waals surface area (Å²) < 4.78 is 28.8. The van der Waals surface area contributed by atoms with E-state index >= 15 is 0 Å². The fraction of sp³-hybridized carbons (Fsp3) is 0.591. The Labute approximate surface area is 193 Å². The van der Waals surface area contributed by atoms with Crippen LogP contribution in [0.15, 0.2) is 23.1 Å². The summed E-state index contributed by atoms with van der Waals surface area (Å²) in [4.78, 5) is 15.3. The first-order chi connectivity index (χ1) is 15.5. The Morgan fingerprint density at radius 2 is 1.66 bits per heavy atom. The highest BCUT2D eigenvalue weighted by atomic mass is 32.2. The number of nitrogens with one attached hydrogen (secondary N) is 1. The third-order valence-corrected chi connectivity index (χ3v) is 9.37. The SMILES string of the molecule is O=C(Nc1nnc(C2CC2)s1)c1ccc(N2CCCCC2)c(S(=O)(=O)N2CCCCC2)c1. The van der Waals surface area contributed by atoms with Crippen molar-refractivity contribution in [2.45, 2.75) is 62.2 Å². The van der Waals surface area contributed by atoms with Crippen LogP contribution in [-0.4, -0.2) is 55.0 Å². The first kappa shape index (κ1) is 21.8. The molecule has 2 aliphatic heterocycles. The molecular formula is C22H29N5O3S2. The van der Waals surface area contributed by atoms with Gasteiger partial charge in [-0.2, -0.15) is 4.31 Å². The van der Waals surface area contributed by atoms with Crippen LogP contribution in [-0.2, 0) is 10.0 Å². The van der Waals surface area contributed by atoms with Gasteiger partial charge in [0.1, 0.15) is 9.90 Å². The summed E-state index contributed by atoms with van der Waals surface area (Å²) in [7, 11) is -3.68. The topological polar surface area (TPSA) is 95.5 Å². The maximum atomic E-state index is 13.6. The molecule has 3 heterocycles. The van der Waals surface area contributed by atoms with Gasteiger partial charge in [0.2, 0.25) is 15.2 Å². The number of hydrogen-bond donors (Lipinski definition) is 1. The van der Waals surface area contributed by atoms with E-state index in [1.54, 1.807) is 22.5 Å². The van der Waals surface area contributed by atoms with Gasteiger partial charge in [-0.05, 0) is 63.1 Å². The Morgan fingerprint density at radius 3 is 2.34 bits per heavy atom. The fourth-order valence-electron chi connectivity index (χ4n) is 4.45. The van der Waals surface area contributed by atoms with Crippen LogP contribution >= 0.6 is 11.3 Å². The van der Waals surface area contributed by atoms with Gasteiger partial charge in [-0.3, -0.25) is 10.1 Å². The van der Waals surface area contributed by atoms with Gasteiger partial charge in [-0.15, -0.1) is 10.2 Å². The summed E-state index contributed by atoms with van der Waals surface area (Å²) in [6.07, 6.45) is 8.31. The van der Waals surface area contributed by atoms with Crippen LogP contribution < -0.4 is 10.2 Å². The minimum atomic E-state index is -3.68. The third-order valence-electron chi connectivity index (χ3n) is 6.44. The predicted octanol–water partition coefficient (Wildman–Crippen LogP) is 3.83. The molecular weight excluding hydrogens is 446 g/mol. The molecule has 2 saturated heterocycles. The largest absolute Gasteiger partial charge is 0.370 e. The van der Waals surface area contributed by atoms with Crippen molar-refractivity contribution in [1.29, 1.82) is 0 Å². The zero-order valence-electron chi connectivity index (χ0n) is 18.1. The quantitative estimate of drug-likeness (QED) is 0.682. The van der Waals surface area contributed by atoms with Crippen LogP contribution in [0.1, 0.15) is 72.7 Å². The highest BCUT2D eigenvalue weighted by Gasteiger charge is 2.31. The molecule has 8 nitrogen and oxygen atoms in total. The van der Waals surface area contributed by atoms with E-state index < -0.39 is 10.0 Å². The molecule has 1 amide bonds. The van der Waals surface area contributed by atoms with Crippen molar-refractivity contribution >= 4 is 38.1 Å². The van der Waals surface area contributed by atoms with E-state index in [1.165, 1.54) is 11.3 Å². The standard InChI is InChI=1S/C22H29N5O3S2/c28-20(23-22-25-24-21(31-22)16-7-8-16)17-9-10-18(26-11-3-1-4-12-26)19(15-17)32(29,30)27-13-5-2-6-14-27/h9-10,15-16H,1-8,11-14H2,(H,23,25,28). The van der Waals surface area contributed by atoms with E-state index in [1.807, 2.05) is 0 Å². The number of anilines is 2. The van der Waals surface area contributed by atoms with Crippen molar-refractivity contribution in [3.8, 4) is 0 Å². The second-order valence-electron chi connectivity index (χ2n) is 8.87. The number of carbonyl (C=O) groups excluding carboxylic acids is 1. The molecule has 3 fully saturated rings. The van der Waals surface area contributed by atoms with Crippen molar-refractivity contribution in [3.05, 3.63) is 28.8 Å². The Balaban J connectivity index is 1.45. The molecule has 0 atom stereocenters. The van der Waals surface area contributed by atoms with E-state index in [2.05, 4.69) is 20.4 Å². The maximum Gasteiger partial charge on any atom is 0.257 e. The van der Waals surface area contributed by atoms with E-state index in [-0.39, 0.29) is 10.8 Å². The molecule has 0 spiro atoms. The monoisotopic (exact) mass is 475 g/mol. The van der Waals surface area contributed by atoms with Gasteiger partial charge in [0.15, 0.2) is 0 Å². The predicted molar refractivity (Wildman–Crippen MR) is 125 cm³/mol. The van der Waals surface area contributed by atoms with Crippen molar-refractivity contribution in [1.82, 2.24) is 14.5 Å². The molecule has 2 aromatic rings. The zero-order chi connectivity index (χ0) is 22.1. The molecule has 0 radical (unpaired) electrons. The van der Waals surface area contributed by atoms with Crippen molar-refractivity contribution in [2.75, 3.05) is 36.4 Å². The maximum absolute atomic E-state index is 13.6. The third kappa shape index (κ3) is 4.53. The van der Waals surface area contributed by atoms with Gasteiger partial charge in [0, 0.05) is 37.7 Å². The molecule has 1 aromatic carbocycles. The lowest BCUT2D eigenvalue weighted by Gasteiger charge is -2.33. The average Bonchev–Trinajstić information content (AvgIpc) is 3.58. The van der Waals surface area contributed by atoms with Crippen molar-refractivity contribution in [2.24, 2.45) is 0 Å². The molecule has 10 heteroatoms. The number of sulfonamides is 1. The van der Waals surface area contributed by atoms with Crippen LogP contribution in [0.2, 0.25) is 0 Å². The fourth-order valence-corrected chi connectivity index (χ4v) is 7.11. The molecule has 0 bridgehead atoms. The summed E-state index contributed by atoms with van der Waals surface area (Å²) in [5.74, 6) is 0.118. The van der Waals surface area contributed by atoms with Crippen LogP contribution in [0.3, 0.4) is 0 Å². The van der Waals surface area contributed by atoms with Gasteiger partial charge >= 0.3 is 0 Å². The van der Waals surface area contributed by atoms with Gasteiger partial charge in [0.05, 0.1) is 5.69 Å². The smallest absolute Gasteiger partial charge is 0.257 e. The highest BCUT2D eigenvalue weighted by molar-refractivity contribution is 7.89.